The molecule has 1 heterocycles. The average Bonchev–Trinajstić information content (AvgIpc) is 2.11. The highest BCUT2D eigenvalue weighted by Crippen LogP contribution is 2.33. The van der Waals surface area contributed by atoms with Gasteiger partial charge in [-0.15, -0.1) is 11.3 Å². The van der Waals surface area contributed by atoms with Crippen molar-refractivity contribution in [1.82, 2.24) is 0 Å². The molecule has 0 atom stereocenters. The number of rotatable bonds is 1. The Hall–Kier alpha value is 0.230. The van der Waals surface area contributed by atoms with Crippen LogP contribution in [-0.4, -0.2) is 14.7 Å². The predicted octanol–water partition coefficient (Wildman–Crippen LogP) is 2.46. The van der Waals surface area contributed by atoms with Crippen LogP contribution in [0, 0.1) is 0 Å². The molecule has 1 rings (SSSR count). The van der Waals surface area contributed by atoms with Gasteiger partial charge in [0.2, 0.25) is 0 Å². The van der Waals surface area contributed by atoms with Gasteiger partial charge in [0, 0.05) is 6.26 Å². The van der Waals surface area contributed by atoms with E-state index >= 15 is 0 Å². The molecule has 0 N–H and O–H groups in total. The Morgan fingerprint density at radius 3 is 2.18 bits per heavy atom. The molecule has 6 heteroatoms. The van der Waals surface area contributed by atoms with Gasteiger partial charge in [-0.2, -0.15) is 0 Å². The van der Waals surface area contributed by atoms with Crippen LogP contribution in [0.1, 0.15) is 0 Å². The van der Waals surface area contributed by atoms with Gasteiger partial charge in [-0.25, -0.2) is 8.42 Å². The van der Waals surface area contributed by atoms with E-state index < -0.39 is 9.84 Å². The van der Waals surface area contributed by atoms with E-state index in [0.29, 0.717) is 4.34 Å². The first kappa shape index (κ1) is 9.32. The standard InChI is InChI=1S/C5H4Cl2O2S2/c1-11(8,9)4-2-3(6)5(7)10-4/h2H,1H3. The fourth-order valence-corrected chi connectivity index (χ4v) is 3.00. The third-order valence-electron chi connectivity index (χ3n) is 0.988. The minimum absolute atomic E-state index is 0.201. The van der Waals surface area contributed by atoms with Crippen molar-refractivity contribution in [1.29, 1.82) is 0 Å². The lowest BCUT2D eigenvalue weighted by molar-refractivity contribution is 0.604. The Bertz CT molecular complexity index is 346. The lowest BCUT2D eigenvalue weighted by Gasteiger charge is -1.86. The highest BCUT2D eigenvalue weighted by atomic mass is 35.5. The van der Waals surface area contributed by atoms with Gasteiger partial charge in [-0.1, -0.05) is 23.2 Å². The van der Waals surface area contributed by atoms with Crippen LogP contribution in [0.5, 0.6) is 0 Å². The Morgan fingerprint density at radius 1 is 1.45 bits per heavy atom. The second-order valence-electron chi connectivity index (χ2n) is 1.96. The Labute approximate surface area is 78.7 Å². The fraction of sp³-hybridized carbons (Fsp3) is 0.200. The van der Waals surface area contributed by atoms with E-state index in [1.54, 1.807) is 0 Å². The quantitative estimate of drug-likeness (QED) is 0.743. The fourth-order valence-electron chi connectivity index (χ4n) is 0.509. The van der Waals surface area contributed by atoms with E-state index in [1.165, 1.54) is 6.07 Å². The zero-order valence-electron chi connectivity index (χ0n) is 5.47. The van der Waals surface area contributed by atoms with Crippen molar-refractivity contribution in [2.24, 2.45) is 0 Å². The normalized spacial score (nSPS) is 11.9. The highest BCUT2D eigenvalue weighted by molar-refractivity contribution is 7.92. The molecular weight excluding hydrogens is 227 g/mol. The smallest absolute Gasteiger partial charge is 0.184 e. The van der Waals surface area contributed by atoms with Gasteiger partial charge >= 0.3 is 0 Å². The second-order valence-corrected chi connectivity index (χ2v) is 6.26. The van der Waals surface area contributed by atoms with Crippen LogP contribution in [0.4, 0.5) is 0 Å². The van der Waals surface area contributed by atoms with Crippen molar-refractivity contribution in [2.45, 2.75) is 4.21 Å². The molecule has 0 spiro atoms. The molecule has 0 fully saturated rings. The van der Waals surface area contributed by atoms with E-state index in [0.717, 1.165) is 17.6 Å². The van der Waals surface area contributed by atoms with E-state index in [-0.39, 0.29) is 9.23 Å². The molecule has 1 aromatic heterocycles. The summed E-state index contributed by atoms with van der Waals surface area (Å²) in [5.74, 6) is 0. The summed E-state index contributed by atoms with van der Waals surface area (Å²) in [6, 6.07) is 1.35. The van der Waals surface area contributed by atoms with Gasteiger partial charge in [0.05, 0.1) is 5.02 Å². The average molecular weight is 231 g/mol. The van der Waals surface area contributed by atoms with Crippen LogP contribution in [0.15, 0.2) is 10.3 Å². The first-order valence-corrected chi connectivity index (χ1v) is 6.02. The maximum atomic E-state index is 10.9. The number of hydrogen-bond acceptors (Lipinski definition) is 3. The summed E-state index contributed by atoms with van der Waals surface area (Å²) in [5, 5.41) is 0.289. The van der Waals surface area contributed by atoms with Crippen LogP contribution < -0.4 is 0 Å². The van der Waals surface area contributed by atoms with Gasteiger partial charge in [0.15, 0.2) is 9.84 Å². The third-order valence-corrected chi connectivity index (χ3v) is 4.66. The van der Waals surface area contributed by atoms with E-state index in [9.17, 15) is 8.42 Å². The SMILES string of the molecule is CS(=O)(=O)c1cc(Cl)c(Cl)s1. The molecule has 62 valence electrons. The zero-order chi connectivity index (χ0) is 8.65. The van der Waals surface area contributed by atoms with Crippen LogP contribution in [0.25, 0.3) is 0 Å². The van der Waals surface area contributed by atoms with E-state index in [4.69, 9.17) is 23.2 Å². The molecule has 0 unspecified atom stereocenters. The minimum atomic E-state index is -3.15. The molecule has 0 saturated heterocycles. The molecule has 0 amide bonds. The number of hydrogen-bond donors (Lipinski definition) is 0. The summed E-state index contributed by atoms with van der Waals surface area (Å²) < 4.78 is 22.3. The van der Waals surface area contributed by atoms with Crippen LogP contribution >= 0.6 is 34.5 Å². The molecule has 2 nitrogen and oxygen atoms in total. The van der Waals surface area contributed by atoms with Gasteiger partial charge < -0.3 is 0 Å². The van der Waals surface area contributed by atoms with E-state index in [1.807, 2.05) is 0 Å². The van der Waals surface area contributed by atoms with Crippen molar-refractivity contribution in [3.8, 4) is 0 Å². The molecule has 0 aliphatic rings. The van der Waals surface area contributed by atoms with Crippen molar-refractivity contribution < 1.29 is 8.42 Å². The largest absolute Gasteiger partial charge is 0.223 e. The summed E-state index contributed by atoms with van der Waals surface area (Å²) in [6.45, 7) is 0. The van der Waals surface area contributed by atoms with Crippen molar-refractivity contribution in [2.75, 3.05) is 6.26 Å². The molecule has 11 heavy (non-hydrogen) atoms. The van der Waals surface area contributed by atoms with Crippen LogP contribution in [-0.2, 0) is 9.84 Å². The summed E-state index contributed by atoms with van der Waals surface area (Å²) in [5.41, 5.74) is 0. The van der Waals surface area contributed by atoms with Gasteiger partial charge in [-0.3, -0.25) is 0 Å². The molecule has 0 aromatic carbocycles. The molecule has 0 saturated carbocycles. The molecule has 0 aliphatic carbocycles. The monoisotopic (exact) mass is 230 g/mol. The van der Waals surface area contributed by atoms with E-state index in [2.05, 4.69) is 0 Å². The maximum Gasteiger partial charge on any atom is 0.184 e. The lowest BCUT2D eigenvalue weighted by Crippen LogP contribution is -1.91. The predicted molar refractivity (Wildman–Crippen MR) is 47.4 cm³/mol. The summed E-state index contributed by atoms with van der Waals surface area (Å²) in [4.78, 5) is 0. The van der Waals surface area contributed by atoms with Crippen molar-refractivity contribution in [3.05, 3.63) is 15.4 Å². The molecule has 1 aromatic rings. The Balaban J connectivity index is 3.29. The summed E-state index contributed by atoms with van der Waals surface area (Å²) in [7, 11) is -3.15. The topological polar surface area (TPSA) is 34.1 Å². The second kappa shape index (κ2) is 2.94. The molecule has 0 bridgehead atoms. The summed E-state index contributed by atoms with van der Waals surface area (Å²) in [6.07, 6.45) is 1.12. The number of thiophene rings is 1. The Morgan fingerprint density at radius 2 is 2.00 bits per heavy atom. The van der Waals surface area contributed by atoms with Crippen LogP contribution in [0.2, 0.25) is 9.36 Å². The third kappa shape index (κ3) is 2.08. The first-order chi connectivity index (χ1) is 4.91. The minimum Gasteiger partial charge on any atom is -0.223 e. The van der Waals surface area contributed by atoms with Gasteiger partial charge in [0.1, 0.15) is 8.55 Å². The van der Waals surface area contributed by atoms with Crippen molar-refractivity contribution in [3.63, 3.8) is 0 Å². The molecule has 0 aliphatic heterocycles. The Kier molecular flexibility index (Phi) is 2.49. The van der Waals surface area contributed by atoms with Gasteiger partial charge in [0.25, 0.3) is 0 Å². The lowest BCUT2D eigenvalue weighted by atomic mass is 10.7. The van der Waals surface area contributed by atoms with Crippen molar-refractivity contribution >= 4 is 44.4 Å². The van der Waals surface area contributed by atoms with Crippen LogP contribution in [0.3, 0.4) is 0 Å². The molecular formula is C5H4Cl2O2S2. The highest BCUT2D eigenvalue weighted by Gasteiger charge is 2.13. The number of sulfone groups is 1. The number of halogens is 2. The van der Waals surface area contributed by atoms with Gasteiger partial charge in [-0.05, 0) is 6.07 Å². The first-order valence-electron chi connectivity index (χ1n) is 2.56. The summed E-state index contributed by atoms with van der Waals surface area (Å²) >= 11 is 12.1. The maximum absolute atomic E-state index is 10.9. The zero-order valence-corrected chi connectivity index (χ0v) is 8.61. The molecule has 0 radical (unpaired) electrons.